The molecule has 18 heavy (non-hydrogen) atoms. The van der Waals surface area contributed by atoms with Gasteiger partial charge in [-0.2, -0.15) is 0 Å². The summed E-state index contributed by atoms with van der Waals surface area (Å²) >= 11 is 9.77. The second kappa shape index (κ2) is 5.72. The highest BCUT2D eigenvalue weighted by atomic mass is 79.9. The molecular weight excluding hydrogens is 319 g/mol. The number of ether oxygens (including phenoxy) is 1. The molecule has 94 valence electrons. The monoisotopic (exact) mass is 328 g/mol. The van der Waals surface area contributed by atoms with Gasteiger partial charge in [-0.1, -0.05) is 45.7 Å². The number of benzene rings is 2. The summed E-state index contributed by atoms with van der Waals surface area (Å²) in [6.45, 7) is 0. The lowest BCUT2D eigenvalue weighted by Crippen LogP contribution is -1.95. The summed E-state index contributed by atoms with van der Waals surface area (Å²) in [6.07, 6.45) is 0. The highest BCUT2D eigenvalue weighted by molar-refractivity contribution is 9.09. The first-order valence-electron chi connectivity index (χ1n) is 5.35. The van der Waals surface area contributed by atoms with E-state index in [9.17, 15) is 4.39 Å². The van der Waals surface area contributed by atoms with E-state index in [-0.39, 0.29) is 10.6 Å². The lowest BCUT2D eigenvalue weighted by Gasteiger charge is -2.13. The minimum Gasteiger partial charge on any atom is -0.497 e. The maximum atomic E-state index is 12.9. The van der Waals surface area contributed by atoms with E-state index in [0.29, 0.717) is 10.8 Å². The van der Waals surface area contributed by atoms with Crippen LogP contribution in [0.4, 0.5) is 4.39 Å². The van der Waals surface area contributed by atoms with Gasteiger partial charge in [0.05, 0.1) is 11.9 Å². The molecule has 0 bridgehead atoms. The van der Waals surface area contributed by atoms with Crippen LogP contribution in [0.1, 0.15) is 16.0 Å². The minimum absolute atomic E-state index is 0.0727. The molecule has 0 spiro atoms. The van der Waals surface area contributed by atoms with Crippen molar-refractivity contribution < 1.29 is 9.13 Å². The first kappa shape index (κ1) is 13.4. The van der Waals surface area contributed by atoms with Gasteiger partial charge in [0.25, 0.3) is 0 Å². The number of alkyl halides is 1. The average molecular weight is 330 g/mol. The van der Waals surface area contributed by atoms with Crippen LogP contribution in [0.5, 0.6) is 5.75 Å². The molecule has 2 rings (SSSR count). The molecule has 0 saturated heterocycles. The van der Waals surface area contributed by atoms with Crippen LogP contribution in [0.3, 0.4) is 0 Å². The minimum atomic E-state index is -0.251. The molecule has 0 fully saturated rings. The van der Waals surface area contributed by atoms with Crippen LogP contribution in [0.2, 0.25) is 5.02 Å². The van der Waals surface area contributed by atoms with Gasteiger partial charge in [-0.25, -0.2) is 4.39 Å². The van der Waals surface area contributed by atoms with Gasteiger partial charge < -0.3 is 4.74 Å². The largest absolute Gasteiger partial charge is 0.497 e. The third-order valence-corrected chi connectivity index (χ3v) is 3.99. The van der Waals surface area contributed by atoms with Gasteiger partial charge in [0.15, 0.2) is 0 Å². The van der Waals surface area contributed by atoms with E-state index in [0.717, 1.165) is 11.1 Å². The molecule has 0 amide bonds. The Morgan fingerprint density at radius 2 is 1.83 bits per heavy atom. The van der Waals surface area contributed by atoms with Crippen molar-refractivity contribution in [2.75, 3.05) is 7.11 Å². The standard InChI is InChI=1S/C14H11BrClFO/c1-18-11-6-7-12(13(16)8-11)14(15)9-2-4-10(17)5-3-9/h2-8,14H,1H3. The Morgan fingerprint density at radius 1 is 1.17 bits per heavy atom. The van der Waals surface area contributed by atoms with E-state index in [1.54, 1.807) is 25.3 Å². The van der Waals surface area contributed by atoms with Gasteiger partial charge in [-0.3, -0.25) is 0 Å². The predicted molar refractivity (Wildman–Crippen MR) is 75.2 cm³/mol. The molecule has 4 heteroatoms. The van der Waals surface area contributed by atoms with Crippen LogP contribution in [-0.2, 0) is 0 Å². The van der Waals surface area contributed by atoms with E-state index in [4.69, 9.17) is 16.3 Å². The third kappa shape index (κ3) is 2.85. The van der Waals surface area contributed by atoms with Crippen molar-refractivity contribution in [2.24, 2.45) is 0 Å². The van der Waals surface area contributed by atoms with Crippen molar-refractivity contribution in [3.05, 3.63) is 64.4 Å². The van der Waals surface area contributed by atoms with Crippen LogP contribution in [0, 0.1) is 5.82 Å². The maximum Gasteiger partial charge on any atom is 0.123 e. The average Bonchev–Trinajstić information content (AvgIpc) is 2.38. The van der Waals surface area contributed by atoms with Crippen LogP contribution in [-0.4, -0.2) is 7.11 Å². The molecular formula is C14H11BrClFO. The van der Waals surface area contributed by atoms with E-state index in [1.807, 2.05) is 12.1 Å². The van der Waals surface area contributed by atoms with Crippen LogP contribution < -0.4 is 4.74 Å². The molecule has 1 unspecified atom stereocenters. The first-order chi connectivity index (χ1) is 8.61. The molecule has 0 saturated carbocycles. The highest BCUT2D eigenvalue weighted by Gasteiger charge is 2.14. The summed E-state index contributed by atoms with van der Waals surface area (Å²) in [5, 5.41) is 0.612. The molecule has 0 radical (unpaired) electrons. The molecule has 1 nitrogen and oxygen atoms in total. The number of methoxy groups -OCH3 is 1. The lowest BCUT2D eigenvalue weighted by atomic mass is 10.0. The van der Waals surface area contributed by atoms with Crippen molar-refractivity contribution in [2.45, 2.75) is 4.83 Å². The highest BCUT2D eigenvalue weighted by Crippen LogP contribution is 2.36. The molecule has 2 aromatic rings. The quantitative estimate of drug-likeness (QED) is 0.722. The number of halogens is 3. The van der Waals surface area contributed by atoms with Crippen molar-refractivity contribution >= 4 is 27.5 Å². The maximum absolute atomic E-state index is 12.9. The Hall–Kier alpha value is -1.06. The fraction of sp³-hybridized carbons (Fsp3) is 0.143. The first-order valence-corrected chi connectivity index (χ1v) is 6.64. The van der Waals surface area contributed by atoms with Crippen molar-refractivity contribution in [3.8, 4) is 5.75 Å². The zero-order chi connectivity index (χ0) is 13.1. The molecule has 0 aliphatic rings. The van der Waals surface area contributed by atoms with Crippen LogP contribution >= 0.6 is 27.5 Å². The number of hydrogen-bond donors (Lipinski definition) is 0. The number of hydrogen-bond acceptors (Lipinski definition) is 1. The Labute approximate surface area is 119 Å². The molecule has 2 aromatic carbocycles. The molecule has 0 aromatic heterocycles. The lowest BCUT2D eigenvalue weighted by molar-refractivity contribution is 0.414. The van der Waals surface area contributed by atoms with E-state index < -0.39 is 0 Å². The van der Waals surface area contributed by atoms with Crippen molar-refractivity contribution in [1.29, 1.82) is 0 Å². The molecule has 0 heterocycles. The Balaban J connectivity index is 2.33. The normalized spacial score (nSPS) is 12.2. The fourth-order valence-electron chi connectivity index (χ4n) is 1.65. The van der Waals surface area contributed by atoms with Crippen molar-refractivity contribution in [3.63, 3.8) is 0 Å². The Morgan fingerprint density at radius 3 is 2.39 bits per heavy atom. The summed E-state index contributed by atoms with van der Waals surface area (Å²) in [5.74, 6) is 0.460. The Kier molecular flexibility index (Phi) is 4.25. The van der Waals surface area contributed by atoms with Crippen molar-refractivity contribution in [1.82, 2.24) is 0 Å². The smallest absolute Gasteiger partial charge is 0.123 e. The predicted octanol–water partition coefficient (Wildman–Crippen LogP) is 4.97. The summed E-state index contributed by atoms with van der Waals surface area (Å²) in [6, 6.07) is 11.8. The van der Waals surface area contributed by atoms with E-state index in [1.165, 1.54) is 12.1 Å². The molecule has 0 aliphatic heterocycles. The van der Waals surface area contributed by atoms with Gasteiger partial charge in [-0.05, 0) is 35.4 Å². The third-order valence-electron chi connectivity index (χ3n) is 2.64. The number of rotatable bonds is 3. The summed E-state index contributed by atoms with van der Waals surface area (Å²) in [5.41, 5.74) is 1.87. The van der Waals surface area contributed by atoms with Crippen LogP contribution in [0.15, 0.2) is 42.5 Å². The zero-order valence-electron chi connectivity index (χ0n) is 9.66. The topological polar surface area (TPSA) is 9.23 Å². The van der Waals surface area contributed by atoms with Gasteiger partial charge in [0.2, 0.25) is 0 Å². The fourth-order valence-corrected chi connectivity index (χ4v) is 2.77. The van der Waals surface area contributed by atoms with Gasteiger partial charge >= 0.3 is 0 Å². The van der Waals surface area contributed by atoms with Gasteiger partial charge in [0.1, 0.15) is 11.6 Å². The molecule has 1 atom stereocenters. The molecule has 0 N–H and O–H groups in total. The summed E-state index contributed by atoms with van der Waals surface area (Å²) in [7, 11) is 1.59. The van der Waals surface area contributed by atoms with E-state index >= 15 is 0 Å². The second-order valence-electron chi connectivity index (χ2n) is 3.80. The molecule has 0 aliphatic carbocycles. The van der Waals surface area contributed by atoms with E-state index in [2.05, 4.69) is 15.9 Å². The SMILES string of the molecule is COc1ccc(C(Br)c2ccc(F)cc2)c(Cl)c1. The summed E-state index contributed by atoms with van der Waals surface area (Å²) in [4.78, 5) is -0.0727. The zero-order valence-corrected chi connectivity index (χ0v) is 12.0. The Bertz CT molecular complexity index is 542. The van der Waals surface area contributed by atoms with Crippen LogP contribution in [0.25, 0.3) is 0 Å². The van der Waals surface area contributed by atoms with Gasteiger partial charge in [-0.15, -0.1) is 0 Å². The van der Waals surface area contributed by atoms with Gasteiger partial charge in [0, 0.05) is 5.02 Å². The second-order valence-corrected chi connectivity index (χ2v) is 5.12. The summed E-state index contributed by atoms with van der Waals surface area (Å²) < 4.78 is 18.0.